The highest BCUT2D eigenvalue weighted by Gasteiger charge is 2.16. The van der Waals surface area contributed by atoms with Gasteiger partial charge in [-0.2, -0.15) is 0 Å². The largest absolute Gasteiger partial charge is 0.465 e. The monoisotopic (exact) mass is 255 g/mol. The molecule has 0 radical (unpaired) electrons. The molecule has 0 atom stereocenters. The molecular formula is C12H14ClNO3. The van der Waals surface area contributed by atoms with Crippen molar-refractivity contribution in [1.29, 1.82) is 0 Å². The van der Waals surface area contributed by atoms with Gasteiger partial charge in [0.25, 0.3) is 0 Å². The van der Waals surface area contributed by atoms with Crippen LogP contribution in [0.25, 0.3) is 0 Å². The number of benzene rings is 1. The minimum Gasteiger partial charge on any atom is -0.465 e. The summed E-state index contributed by atoms with van der Waals surface area (Å²) in [6.07, 6.45) is 0. The van der Waals surface area contributed by atoms with E-state index in [1.807, 2.05) is 0 Å². The van der Waals surface area contributed by atoms with E-state index in [4.69, 9.17) is 21.1 Å². The predicted octanol–water partition coefficient (Wildman–Crippen LogP) is 1.96. The van der Waals surface area contributed by atoms with E-state index in [1.54, 1.807) is 18.2 Å². The molecule has 2 rings (SSSR count). The molecule has 0 saturated carbocycles. The second-order valence-electron chi connectivity index (χ2n) is 3.76. The first-order chi connectivity index (χ1) is 8.22. The summed E-state index contributed by atoms with van der Waals surface area (Å²) in [7, 11) is 1.37. The Morgan fingerprint density at radius 3 is 2.76 bits per heavy atom. The molecule has 1 heterocycles. The predicted molar refractivity (Wildman–Crippen MR) is 65.8 cm³/mol. The molecule has 0 aliphatic carbocycles. The number of hydrogen-bond donors (Lipinski definition) is 0. The summed E-state index contributed by atoms with van der Waals surface area (Å²) in [5.74, 6) is -0.351. The van der Waals surface area contributed by atoms with Gasteiger partial charge in [-0.25, -0.2) is 4.79 Å². The maximum Gasteiger partial charge on any atom is 0.337 e. The van der Waals surface area contributed by atoms with Crippen LogP contribution in [0.1, 0.15) is 10.4 Å². The number of anilines is 1. The van der Waals surface area contributed by atoms with E-state index in [9.17, 15) is 4.79 Å². The van der Waals surface area contributed by atoms with Crippen molar-refractivity contribution in [3.8, 4) is 0 Å². The first-order valence-corrected chi connectivity index (χ1v) is 5.80. The standard InChI is InChI=1S/C12H14ClNO3/c1-16-12(15)9-2-3-10(13)11(8-9)14-4-6-17-7-5-14/h2-3,8H,4-7H2,1H3. The second kappa shape index (κ2) is 5.38. The van der Waals surface area contributed by atoms with E-state index in [1.165, 1.54) is 7.11 Å². The summed E-state index contributed by atoms with van der Waals surface area (Å²) in [6, 6.07) is 5.15. The minimum atomic E-state index is -0.351. The first-order valence-electron chi connectivity index (χ1n) is 5.43. The topological polar surface area (TPSA) is 38.8 Å². The zero-order valence-corrected chi connectivity index (χ0v) is 10.4. The molecule has 5 heteroatoms. The van der Waals surface area contributed by atoms with Crippen molar-refractivity contribution in [2.75, 3.05) is 38.3 Å². The molecular weight excluding hydrogens is 242 g/mol. The van der Waals surface area contributed by atoms with Gasteiger partial charge in [0.05, 0.1) is 36.6 Å². The van der Waals surface area contributed by atoms with Crippen molar-refractivity contribution >= 4 is 23.3 Å². The number of ether oxygens (including phenoxy) is 2. The van der Waals surface area contributed by atoms with Crippen LogP contribution in [-0.2, 0) is 9.47 Å². The summed E-state index contributed by atoms with van der Waals surface area (Å²) in [5, 5.41) is 0.638. The van der Waals surface area contributed by atoms with Crippen LogP contribution in [0.15, 0.2) is 18.2 Å². The van der Waals surface area contributed by atoms with E-state index in [-0.39, 0.29) is 5.97 Å². The van der Waals surface area contributed by atoms with E-state index in [0.29, 0.717) is 23.8 Å². The number of methoxy groups -OCH3 is 1. The van der Waals surface area contributed by atoms with Crippen molar-refractivity contribution in [3.63, 3.8) is 0 Å². The minimum absolute atomic E-state index is 0.351. The van der Waals surface area contributed by atoms with E-state index < -0.39 is 0 Å². The molecule has 0 amide bonds. The number of halogens is 1. The number of carbonyl (C=O) groups is 1. The molecule has 0 unspecified atom stereocenters. The van der Waals surface area contributed by atoms with Gasteiger partial charge in [0.15, 0.2) is 0 Å². The highest BCUT2D eigenvalue weighted by molar-refractivity contribution is 6.33. The lowest BCUT2D eigenvalue weighted by molar-refractivity contribution is 0.0601. The van der Waals surface area contributed by atoms with Crippen LogP contribution in [0.2, 0.25) is 5.02 Å². The van der Waals surface area contributed by atoms with Gasteiger partial charge in [-0.3, -0.25) is 0 Å². The number of morpholine rings is 1. The fraction of sp³-hybridized carbons (Fsp3) is 0.417. The van der Waals surface area contributed by atoms with Crippen LogP contribution in [0, 0.1) is 0 Å². The molecule has 0 spiro atoms. The van der Waals surface area contributed by atoms with Crippen molar-refractivity contribution in [2.45, 2.75) is 0 Å². The third-order valence-electron chi connectivity index (χ3n) is 2.72. The number of rotatable bonds is 2. The molecule has 0 N–H and O–H groups in total. The summed E-state index contributed by atoms with van der Waals surface area (Å²) >= 11 is 6.14. The van der Waals surface area contributed by atoms with Gasteiger partial charge >= 0.3 is 5.97 Å². The van der Waals surface area contributed by atoms with Crippen LogP contribution in [0.4, 0.5) is 5.69 Å². The van der Waals surface area contributed by atoms with Crippen molar-refractivity contribution in [1.82, 2.24) is 0 Å². The average molecular weight is 256 g/mol. The Morgan fingerprint density at radius 2 is 2.12 bits per heavy atom. The van der Waals surface area contributed by atoms with Crippen molar-refractivity contribution < 1.29 is 14.3 Å². The zero-order valence-electron chi connectivity index (χ0n) is 9.61. The van der Waals surface area contributed by atoms with Gasteiger partial charge < -0.3 is 14.4 Å². The summed E-state index contributed by atoms with van der Waals surface area (Å²) in [4.78, 5) is 13.6. The molecule has 0 bridgehead atoms. The Labute approximate surface area is 105 Å². The average Bonchev–Trinajstić information content (AvgIpc) is 2.39. The van der Waals surface area contributed by atoms with Gasteiger partial charge in [-0.15, -0.1) is 0 Å². The van der Waals surface area contributed by atoms with Crippen LogP contribution >= 0.6 is 11.6 Å². The third-order valence-corrected chi connectivity index (χ3v) is 3.04. The number of nitrogens with zero attached hydrogens (tertiary/aromatic N) is 1. The lowest BCUT2D eigenvalue weighted by Crippen LogP contribution is -2.36. The van der Waals surface area contributed by atoms with Gasteiger partial charge in [-0.1, -0.05) is 11.6 Å². The smallest absolute Gasteiger partial charge is 0.337 e. The highest BCUT2D eigenvalue weighted by atomic mass is 35.5. The highest BCUT2D eigenvalue weighted by Crippen LogP contribution is 2.27. The SMILES string of the molecule is COC(=O)c1ccc(Cl)c(N2CCOCC2)c1. The molecule has 1 aromatic carbocycles. The maximum absolute atomic E-state index is 11.5. The van der Waals surface area contributed by atoms with Crippen LogP contribution in [0.5, 0.6) is 0 Å². The summed E-state index contributed by atoms with van der Waals surface area (Å²) < 4.78 is 9.98. The molecule has 1 aliphatic rings. The Hall–Kier alpha value is -1.26. The zero-order chi connectivity index (χ0) is 12.3. The molecule has 1 fully saturated rings. The quantitative estimate of drug-likeness (QED) is 0.758. The van der Waals surface area contributed by atoms with Crippen molar-refractivity contribution in [2.24, 2.45) is 0 Å². The van der Waals surface area contributed by atoms with E-state index in [2.05, 4.69) is 4.90 Å². The summed E-state index contributed by atoms with van der Waals surface area (Å²) in [5.41, 5.74) is 1.37. The summed E-state index contributed by atoms with van der Waals surface area (Å²) in [6.45, 7) is 2.92. The third kappa shape index (κ3) is 2.70. The molecule has 17 heavy (non-hydrogen) atoms. The van der Waals surface area contributed by atoms with Gasteiger partial charge in [0, 0.05) is 13.1 Å². The molecule has 1 aromatic rings. The maximum atomic E-state index is 11.5. The Morgan fingerprint density at radius 1 is 1.41 bits per heavy atom. The first kappa shape index (κ1) is 12.2. The fourth-order valence-electron chi connectivity index (χ4n) is 1.80. The lowest BCUT2D eigenvalue weighted by atomic mass is 10.2. The Bertz CT molecular complexity index is 416. The lowest BCUT2D eigenvalue weighted by Gasteiger charge is -2.29. The second-order valence-corrected chi connectivity index (χ2v) is 4.16. The van der Waals surface area contributed by atoms with E-state index in [0.717, 1.165) is 18.8 Å². The Kier molecular flexibility index (Phi) is 3.86. The van der Waals surface area contributed by atoms with Crippen LogP contribution in [-0.4, -0.2) is 39.4 Å². The Balaban J connectivity index is 2.28. The molecule has 1 aliphatic heterocycles. The fourth-order valence-corrected chi connectivity index (χ4v) is 2.04. The molecule has 1 saturated heterocycles. The van der Waals surface area contributed by atoms with Crippen molar-refractivity contribution in [3.05, 3.63) is 28.8 Å². The van der Waals surface area contributed by atoms with Gasteiger partial charge in [0.2, 0.25) is 0 Å². The van der Waals surface area contributed by atoms with Crippen LogP contribution in [0.3, 0.4) is 0 Å². The number of esters is 1. The van der Waals surface area contributed by atoms with Gasteiger partial charge in [-0.05, 0) is 18.2 Å². The molecule has 4 nitrogen and oxygen atoms in total. The molecule has 0 aromatic heterocycles. The van der Waals surface area contributed by atoms with Gasteiger partial charge in [0.1, 0.15) is 0 Å². The number of carbonyl (C=O) groups excluding carboxylic acids is 1. The normalized spacial score (nSPS) is 15.8. The van der Waals surface area contributed by atoms with E-state index >= 15 is 0 Å². The molecule has 92 valence electrons. The van der Waals surface area contributed by atoms with Crippen LogP contribution < -0.4 is 4.90 Å². The number of hydrogen-bond acceptors (Lipinski definition) is 4.